The molecule has 1 fully saturated rings. The highest BCUT2D eigenvalue weighted by Crippen LogP contribution is 2.51. The molecule has 0 aromatic carbocycles. The molecule has 1 unspecified atom stereocenters. The van der Waals surface area contributed by atoms with Crippen molar-refractivity contribution in [2.75, 3.05) is 0 Å². The predicted octanol–water partition coefficient (Wildman–Crippen LogP) is -0.0837. The van der Waals surface area contributed by atoms with E-state index in [-0.39, 0.29) is 12.8 Å². The molecule has 0 spiro atoms. The van der Waals surface area contributed by atoms with Crippen molar-refractivity contribution in [3.63, 3.8) is 0 Å². The summed E-state index contributed by atoms with van der Waals surface area (Å²) in [5.41, 5.74) is -6.34. The number of hydrogen-bond donors (Lipinski definition) is 4. The molecule has 1 saturated heterocycles. The van der Waals surface area contributed by atoms with E-state index in [0.29, 0.717) is 21.5 Å². The molecule has 3 rings (SSSR count). The first-order chi connectivity index (χ1) is 14.5. The molecule has 1 aromatic heterocycles. The summed E-state index contributed by atoms with van der Waals surface area (Å²) in [6.07, 6.45) is -0.460. The van der Waals surface area contributed by atoms with Crippen LogP contribution in [0.15, 0.2) is 28.5 Å². The number of carbonyl (C=O) groups is 6. The van der Waals surface area contributed by atoms with Gasteiger partial charge in [0.05, 0.1) is 6.42 Å². The van der Waals surface area contributed by atoms with E-state index in [1.807, 2.05) is 0 Å². The zero-order valence-electron chi connectivity index (χ0n) is 15.9. The number of nitrogens with zero attached hydrogens (tertiary/aromatic N) is 1. The molecule has 0 radical (unpaired) electrons. The summed E-state index contributed by atoms with van der Waals surface area (Å²) in [5, 5.41) is 32.5. The van der Waals surface area contributed by atoms with E-state index >= 15 is 0 Å². The molecule has 2 atom stereocenters. The molecule has 2 amide bonds. The van der Waals surface area contributed by atoms with Crippen molar-refractivity contribution in [1.29, 1.82) is 0 Å². The Morgan fingerprint density at radius 2 is 1.77 bits per heavy atom. The van der Waals surface area contributed by atoms with Gasteiger partial charge in [-0.3, -0.25) is 19.3 Å². The summed E-state index contributed by atoms with van der Waals surface area (Å²) in [6, 6.07) is 3.31. The second kappa shape index (κ2) is 7.81. The number of aliphatic carboxylic acids is 3. The van der Waals surface area contributed by atoms with E-state index in [2.05, 4.69) is 5.32 Å². The van der Waals surface area contributed by atoms with Gasteiger partial charge in [-0.05, 0) is 16.9 Å². The number of thioether (sulfide) groups is 1. The van der Waals surface area contributed by atoms with Gasteiger partial charge in [-0.1, -0.05) is 13.0 Å². The number of ketones is 1. The highest BCUT2D eigenvalue weighted by molar-refractivity contribution is 8.03. The van der Waals surface area contributed by atoms with Crippen molar-refractivity contribution >= 4 is 58.6 Å². The summed E-state index contributed by atoms with van der Waals surface area (Å²) >= 11 is 1.83. The molecule has 0 aliphatic carbocycles. The lowest BCUT2D eigenvalue weighted by atomic mass is 9.76. The Bertz CT molecular complexity index is 1020. The average Bonchev–Trinajstić information content (AvgIpc) is 3.21. The normalized spacial score (nSPS) is 23.8. The van der Waals surface area contributed by atoms with E-state index in [9.17, 15) is 44.1 Å². The van der Waals surface area contributed by atoms with Crippen LogP contribution in [0.4, 0.5) is 0 Å². The van der Waals surface area contributed by atoms with Crippen LogP contribution in [0.2, 0.25) is 0 Å². The van der Waals surface area contributed by atoms with Gasteiger partial charge in [0, 0.05) is 16.9 Å². The van der Waals surface area contributed by atoms with Crippen molar-refractivity contribution < 1.29 is 44.1 Å². The Kier molecular flexibility index (Phi) is 5.67. The molecule has 4 N–H and O–H groups in total. The van der Waals surface area contributed by atoms with E-state index in [1.54, 1.807) is 17.5 Å². The fourth-order valence-electron chi connectivity index (χ4n) is 3.56. The highest BCUT2D eigenvalue weighted by Gasteiger charge is 2.78. The quantitative estimate of drug-likeness (QED) is 0.298. The molecule has 31 heavy (non-hydrogen) atoms. The molecule has 164 valence electrons. The molecular weight excluding hydrogens is 452 g/mol. The Hall–Kier alpha value is -3.19. The third-order valence-electron chi connectivity index (χ3n) is 5.06. The smallest absolute Gasteiger partial charge is 0.346 e. The van der Waals surface area contributed by atoms with E-state index in [4.69, 9.17) is 0 Å². The molecule has 11 nitrogen and oxygen atoms in total. The second-order valence-electron chi connectivity index (χ2n) is 6.71. The van der Waals surface area contributed by atoms with Gasteiger partial charge in [-0.15, -0.1) is 23.1 Å². The minimum atomic E-state index is -3.10. The monoisotopic (exact) mass is 468 g/mol. The topological polar surface area (TPSA) is 178 Å². The van der Waals surface area contributed by atoms with Gasteiger partial charge in [0.15, 0.2) is 5.78 Å². The van der Waals surface area contributed by atoms with Crippen molar-refractivity contribution in [3.05, 3.63) is 33.4 Å². The minimum Gasteiger partial charge on any atom is -0.479 e. The number of nitrogens with one attached hydrogen (secondary N) is 1. The lowest BCUT2D eigenvalue weighted by Gasteiger charge is -2.58. The number of carboxylic acids is 3. The summed E-state index contributed by atoms with van der Waals surface area (Å²) in [7, 11) is 0. The zero-order chi connectivity index (χ0) is 23.1. The fraction of sp³-hybridized carbons (Fsp3) is 0.333. The molecule has 1 aromatic rings. The van der Waals surface area contributed by atoms with Crippen LogP contribution >= 0.6 is 23.1 Å². The SMILES string of the molecule is CCC(=O)C1=CS[C@@H]2N(C(=O)C2(NC(=O)Cc2cccs2)C(=O)O)C1(C(=O)O)C(=O)O. The molecule has 13 heteroatoms. The maximum atomic E-state index is 13.0. The number of carboxylic acid groups (broad SMARTS) is 3. The van der Waals surface area contributed by atoms with E-state index in [0.717, 1.165) is 5.41 Å². The Labute approximate surface area is 182 Å². The maximum Gasteiger partial charge on any atom is 0.346 e. The number of carbonyl (C=O) groups excluding carboxylic acids is 3. The lowest BCUT2D eigenvalue weighted by molar-refractivity contribution is -0.192. The summed E-state index contributed by atoms with van der Waals surface area (Å²) in [6.45, 7) is 1.39. The summed E-state index contributed by atoms with van der Waals surface area (Å²) < 4.78 is 0. The van der Waals surface area contributed by atoms with Gasteiger partial charge in [0.25, 0.3) is 11.4 Å². The molecule has 2 aliphatic rings. The van der Waals surface area contributed by atoms with Crippen molar-refractivity contribution in [2.24, 2.45) is 0 Å². The van der Waals surface area contributed by atoms with Crippen LogP contribution in [0.5, 0.6) is 0 Å². The molecule has 0 saturated carbocycles. The zero-order valence-corrected chi connectivity index (χ0v) is 17.5. The van der Waals surface area contributed by atoms with Crippen LogP contribution in [-0.4, -0.2) is 72.2 Å². The van der Waals surface area contributed by atoms with Gasteiger partial charge in [-0.2, -0.15) is 0 Å². The standard InChI is InChI=1S/C18H16N2O9S2/c1-2-10(21)9-7-31-13-17(14(24)25,19-11(22)6-8-4-3-5-30-8)12(23)20(13)18(9,15(26)27)16(28)29/h3-5,7,13H,2,6H2,1H3,(H,19,22)(H,24,25)(H,26,27)(H,28,29)/t13-,17?/m0/s1. The number of rotatable bonds is 8. The minimum absolute atomic E-state index is 0.226. The lowest BCUT2D eigenvalue weighted by Crippen LogP contribution is -2.89. The van der Waals surface area contributed by atoms with Gasteiger partial charge >= 0.3 is 17.9 Å². The number of fused-ring (bicyclic) bond motifs is 1. The van der Waals surface area contributed by atoms with E-state index in [1.165, 1.54) is 18.3 Å². The first-order valence-electron chi connectivity index (χ1n) is 8.81. The summed E-state index contributed by atoms with van der Waals surface area (Å²) in [4.78, 5) is 75.0. The third-order valence-corrected chi connectivity index (χ3v) is 7.13. The van der Waals surface area contributed by atoms with Gasteiger partial charge in [0.1, 0.15) is 5.37 Å². The van der Waals surface area contributed by atoms with Crippen LogP contribution < -0.4 is 5.32 Å². The average molecular weight is 468 g/mol. The largest absolute Gasteiger partial charge is 0.479 e. The van der Waals surface area contributed by atoms with E-state index < -0.39 is 57.5 Å². The highest BCUT2D eigenvalue weighted by atomic mass is 32.2. The first kappa shape index (κ1) is 22.5. The molecule has 2 aliphatic heterocycles. The summed E-state index contributed by atoms with van der Waals surface area (Å²) in [5.74, 6) is -8.87. The maximum absolute atomic E-state index is 13.0. The molecule has 3 heterocycles. The van der Waals surface area contributed by atoms with Gasteiger partial charge < -0.3 is 20.6 Å². The Balaban J connectivity index is 2.06. The van der Waals surface area contributed by atoms with Crippen molar-refractivity contribution in [1.82, 2.24) is 10.2 Å². The van der Waals surface area contributed by atoms with Gasteiger partial charge in [-0.25, -0.2) is 14.4 Å². The van der Waals surface area contributed by atoms with Crippen LogP contribution in [0.3, 0.4) is 0 Å². The van der Waals surface area contributed by atoms with Crippen LogP contribution in [0.25, 0.3) is 0 Å². The molecular formula is C18H16N2O9S2. The van der Waals surface area contributed by atoms with Crippen molar-refractivity contribution in [2.45, 2.75) is 36.2 Å². The predicted molar refractivity (Wildman–Crippen MR) is 106 cm³/mol. The van der Waals surface area contributed by atoms with Crippen LogP contribution in [-0.2, 0) is 35.2 Å². The number of amides is 2. The third kappa shape index (κ3) is 3.03. The Morgan fingerprint density at radius 3 is 2.26 bits per heavy atom. The van der Waals surface area contributed by atoms with Gasteiger partial charge in [0.2, 0.25) is 11.4 Å². The van der Waals surface area contributed by atoms with Crippen LogP contribution in [0, 0.1) is 0 Å². The number of hydrogen-bond acceptors (Lipinski definition) is 8. The molecule has 0 bridgehead atoms. The number of β-lactam (4-membered cyclic amide) rings is 1. The Morgan fingerprint density at radius 1 is 1.13 bits per heavy atom. The number of Topliss-reactive ketones (excluding diaryl/α,β-unsaturated/α-hetero) is 1. The van der Waals surface area contributed by atoms with Crippen molar-refractivity contribution in [3.8, 4) is 0 Å². The number of thiophene rings is 1. The van der Waals surface area contributed by atoms with Crippen LogP contribution in [0.1, 0.15) is 18.2 Å². The fourth-order valence-corrected chi connectivity index (χ4v) is 5.67. The first-order valence-corrected chi connectivity index (χ1v) is 10.6. The second-order valence-corrected chi connectivity index (χ2v) is 8.70.